The van der Waals surface area contributed by atoms with Crippen LogP contribution in [0.4, 0.5) is 5.95 Å². The van der Waals surface area contributed by atoms with Gasteiger partial charge >= 0.3 is 5.97 Å². The van der Waals surface area contributed by atoms with Crippen molar-refractivity contribution < 1.29 is 19.5 Å². The largest absolute Gasteiger partial charge is 0.481 e. The van der Waals surface area contributed by atoms with Gasteiger partial charge in [-0.1, -0.05) is 6.07 Å². The number of nitrogens with zero attached hydrogens (tertiary/aromatic N) is 4. The van der Waals surface area contributed by atoms with Crippen LogP contribution in [0.3, 0.4) is 0 Å². The molecule has 31 heavy (non-hydrogen) atoms. The summed E-state index contributed by atoms with van der Waals surface area (Å²) in [5.41, 5.74) is 8.67. The monoisotopic (exact) mass is 425 g/mol. The SMILES string of the molecule is Cn1c(-c2ccc3c(c2)CN(C(CCC(=O)O)C(N)=O)C3=O)cnc1N1CCCCC1. The van der Waals surface area contributed by atoms with E-state index in [2.05, 4.69) is 14.5 Å². The summed E-state index contributed by atoms with van der Waals surface area (Å²) in [5.74, 6) is -1.08. The summed E-state index contributed by atoms with van der Waals surface area (Å²) in [4.78, 5) is 44.0. The van der Waals surface area contributed by atoms with Crippen LogP contribution in [0.2, 0.25) is 0 Å². The molecule has 9 nitrogen and oxygen atoms in total. The summed E-state index contributed by atoms with van der Waals surface area (Å²) in [6.45, 7) is 2.23. The highest BCUT2D eigenvalue weighted by Gasteiger charge is 2.35. The number of hydrogen-bond donors (Lipinski definition) is 2. The lowest BCUT2D eigenvalue weighted by Crippen LogP contribution is -2.45. The zero-order chi connectivity index (χ0) is 22.1. The number of carbonyl (C=O) groups excluding carboxylic acids is 2. The lowest BCUT2D eigenvalue weighted by Gasteiger charge is -2.27. The number of hydrogen-bond acceptors (Lipinski definition) is 5. The van der Waals surface area contributed by atoms with E-state index < -0.39 is 17.9 Å². The average Bonchev–Trinajstić information content (AvgIpc) is 3.28. The second-order valence-electron chi connectivity index (χ2n) is 8.21. The number of primary amides is 1. The Morgan fingerprint density at radius 2 is 1.97 bits per heavy atom. The Bertz CT molecular complexity index is 1020. The number of carboxylic acids is 1. The van der Waals surface area contributed by atoms with Gasteiger partial charge in [0.1, 0.15) is 6.04 Å². The van der Waals surface area contributed by atoms with Crippen molar-refractivity contribution in [3.63, 3.8) is 0 Å². The third kappa shape index (κ3) is 3.99. The van der Waals surface area contributed by atoms with E-state index in [1.807, 2.05) is 25.4 Å². The lowest BCUT2D eigenvalue weighted by molar-refractivity contribution is -0.137. The van der Waals surface area contributed by atoms with Crippen molar-refractivity contribution in [1.82, 2.24) is 14.5 Å². The Hall–Kier alpha value is -3.36. The molecule has 0 aliphatic carbocycles. The molecule has 1 aromatic heterocycles. The van der Waals surface area contributed by atoms with E-state index in [4.69, 9.17) is 10.8 Å². The molecule has 0 saturated carbocycles. The van der Waals surface area contributed by atoms with E-state index >= 15 is 0 Å². The van der Waals surface area contributed by atoms with Crippen molar-refractivity contribution >= 4 is 23.7 Å². The molecule has 1 unspecified atom stereocenters. The molecular formula is C22H27N5O4. The number of piperidine rings is 1. The summed E-state index contributed by atoms with van der Waals surface area (Å²) < 4.78 is 2.07. The van der Waals surface area contributed by atoms with Gasteiger partial charge in [-0.05, 0) is 43.4 Å². The first-order chi connectivity index (χ1) is 14.9. The van der Waals surface area contributed by atoms with Crippen LogP contribution >= 0.6 is 0 Å². The Balaban J connectivity index is 1.58. The molecule has 2 aliphatic heterocycles. The second-order valence-corrected chi connectivity index (χ2v) is 8.21. The Morgan fingerprint density at radius 1 is 1.23 bits per heavy atom. The number of nitrogens with two attached hydrogens (primary N) is 1. The number of anilines is 1. The van der Waals surface area contributed by atoms with E-state index in [9.17, 15) is 14.4 Å². The maximum Gasteiger partial charge on any atom is 0.303 e. The van der Waals surface area contributed by atoms with Gasteiger partial charge in [0.25, 0.3) is 5.91 Å². The smallest absolute Gasteiger partial charge is 0.303 e. The van der Waals surface area contributed by atoms with Gasteiger partial charge in [0.05, 0.1) is 11.9 Å². The first-order valence-corrected chi connectivity index (χ1v) is 10.6. The van der Waals surface area contributed by atoms with E-state index in [0.29, 0.717) is 5.56 Å². The third-order valence-corrected chi connectivity index (χ3v) is 6.17. The van der Waals surface area contributed by atoms with Crippen LogP contribution in [0.1, 0.15) is 48.0 Å². The molecule has 1 saturated heterocycles. The number of carbonyl (C=O) groups is 3. The Kier molecular flexibility index (Phi) is 5.67. The van der Waals surface area contributed by atoms with E-state index in [-0.39, 0.29) is 25.3 Å². The quantitative estimate of drug-likeness (QED) is 0.697. The number of amides is 2. The van der Waals surface area contributed by atoms with Gasteiger partial charge in [-0.3, -0.25) is 14.4 Å². The lowest BCUT2D eigenvalue weighted by atomic mass is 10.0. The molecule has 164 valence electrons. The summed E-state index contributed by atoms with van der Waals surface area (Å²) in [6.07, 6.45) is 5.20. The van der Waals surface area contributed by atoms with Crippen LogP contribution in [0.25, 0.3) is 11.3 Å². The number of aliphatic carboxylic acids is 1. The fourth-order valence-corrected chi connectivity index (χ4v) is 4.52. The molecule has 9 heteroatoms. The summed E-state index contributed by atoms with van der Waals surface area (Å²) >= 11 is 0. The number of rotatable bonds is 7. The summed E-state index contributed by atoms with van der Waals surface area (Å²) in [5, 5.41) is 8.94. The van der Waals surface area contributed by atoms with Gasteiger partial charge in [0, 0.05) is 44.2 Å². The third-order valence-electron chi connectivity index (χ3n) is 6.17. The molecule has 2 aliphatic rings. The highest BCUT2D eigenvalue weighted by Crippen LogP contribution is 2.32. The maximum atomic E-state index is 12.9. The van der Waals surface area contributed by atoms with Crippen LogP contribution < -0.4 is 10.6 Å². The van der Waals surface area contributed by atoms with Crippen molar-refractivity contribution in [2.24, 2.45) is 12.8 Å². The van der Waals surface area contributed by atoms with Crippen LogP contribution in [-0.2, 0) is 23.2 Å². The van der Waals surface area contributed by atoms with Crippen LogP contribution in [0, 0.1) is 0 Å². The van der Waals surface area contributed by atoms with Crippen molar-refractivity contribution in [1.29, 1.82) is 0 Å². The van der Waals surface area contributed by atoms with Crippen molar-refractivity contribution in [3.05, 3.63) is 35.5 Å². The maximum absolute atomic E-state index is 12.9. The molecule has 1 aromatic carbocycles. The number of fused-ring (bicyclic) bond motifs is 1. The molecule has 3 heterocycles. The number of benzene rings is 1. The van der Waals surface area contributed by atoms with Crippen molar-refractivity contribution in [3.8, 4) is 11.3 Å². The molecular weight excluding hydrogens is 398 g/mol. The van der Waals surface area contributed by atoms with Gasteiger partial charge in [-0.2, -0.15) is 0 Å². The fraction of sp³-hybridized carbons (Fsp3) is 0.455. The zero-order valence-corrected chi connectivity index (χ0v) is 17.6. The van der Waals surface area contributed by atoms with Gasteiger partial charge in [0.2, 0.25) is 11.9 Å². The molecule has 3 N–H and O–H groups in total. The van der Waals surface area contributed by atoms with Crippen LogP contribution in [-0.4, -0.2) is 56.5 Å². The topological polar surface area (TPSA) is 122 Å². The molecule has 4 rings (SSSR count). The number of carboxylic acid groups (broad SMARTS) is 1. The van der Waals surface area contributed by atoms with Gasteiger partial charge in [-0.25, -0.2) is 4.98 Å². The number of aromatic nitrogens is 2. The molecule has 0 radical (unpaired) electrons. The van der Waals surface area contributed by atoms with Gasteiger partial charge in [0.15, 0.2) is 0 Å². The molecule has 2 amide bonds. The summed E-state index contributed by atoms with van der Waals surface area (Å²) in [7, 11) is 1.99. The predicted octanol–water partition coefficient (Wildman–Crippen LogP) is 1.75. The Morgan fingerprint density at radius 3 is 2.65 bits per heavy atom. The van der Waals surface area contributed by atoms with Gasteiger partial charge < -0.3 is 25.2 Å². The normalized spacial score (nSPS) is 17.0. The average molecular weight is 425 g/mol. The first-order valence-electron chi connectivity index (χ1n) is 10.6. The minimum Gasteiger partial charge on any atom is -0.481 e. The van der Waals surface area contributed by atoms with Crippen molar-refractivity contribution in [2.75, 3.05) is 18.0 Å². The highest BCUT2D eigenvalue weighted by atomic mass is 16.4. The van der Waals surface area contributed by atoms with E-state index in [1.165, 1.54) is 24.2 Å². The minimum absolute atomic E-state index is 0.00181. The van der Waals surface area contributed by atoms with Gasteiger partial charge in [-0.15, -0.1) is 0 Å². The standard InChI is InChI=1S/C22H27N5O4/c1-25-18(12-24-22(25)26-9-3-2-4-10-26)14-5-6-16-15(11-14)13-27(21(16)31)17(20(23)30)7-8-19(28)29/h5-6,11-12,17H,2-4,7-10,13H2,1H3,(H2,23,30)(H,28,29). The molecule has 0 spiro atoms. The predicted molar refractivity (Wildman–Crippen MR) is 114 cm³/mol. The molecule has 1 atom stereocenters. The minimum atomic E-state index is -1.03. The molecule has 0 bridgehead atoms. The summed E-state index contributed by atoms with van der Waals surface area (Å²) in [6, 6.07) is 4.64. The highest BCUT2D eigenvalue weighted by molar-refractivity contribution is 6.01. The molecule has 1 fully saturated rings. The van der Waals surface area contributed by atoms with E-state index in [0.717, 1.165) is 35.9 Å². The van der Waals surface area contributed by atoms with Crippen molar-refractivity contribution in [2.45, 2.75) is 44.7 Å². The van der Waals surface area contributed by atoms with E-state index in [1.54, 1.807) is 6.07 Å². The molecule has 2 aromatic rings. The second kappa shape index (κ2) is 8.41. The zero-order valence-electron chi connectivity index (χ0n) is 17.6. The number of imidazole rings is 1. The fourth-order valence-electron chi connectivity index (χ4n) is 4.52. The first kappa shape index (κ1) is 20.9. The Labute approximate surface area is 180 Å². The van der Waals surface area contributed by atoms with Crippen LogP contribution in [0.15, 0.2) is 24.4 Å². The van der Waals surface area contributed by atoms with Crippen LogP contribution in [0.5, 0.6) is 0 Å².